The standard InChI is InChI=1S/C23H26N4O4/c1-14-9-10-15(2)19(13-14)25-20(28)12-11-18(26-27-23(31)22(24)30)16(3)21(29)17-7-5-4-6-8-17/h4-10,13,16H,11-12H2,1-3H3,(H2,24,30)(H,25,28)(H,27,31)/b26-18+. The molecule has 0 aliphatic carbocycles. The molecular weight excluding hydrogens is 396 g/mol. The second kappa shape index (κ2) is 10.8. The van der Waals surface area contributed by atoms with Crippen LogP contribution in [0.5, 0.6) is 0 Å². The second-order valence-electron chi connectivity index (χ2n) is 7.23. The Kier molecular flexibility index (Phi) is 8.19. The Balaban J connectivity index is 2.14. The number of carbonyl (C=O) groups is 4. The average Bonchev–Trinajstić information content (AvgIpc) is 2.75. The third-order valence-corrected chi connectivity index (χ3v) is 4.75. The maximum Gasteiger partial charge on any atom is 0.329 e. The van der Waals surface area contributed by atoms with Gasteiger partial charge in [0, 0.05) is 23.4 Å². The highest BCUT2D eigenvalue weighted by molar-refractivity contribution is 6.34. The maximum atomic E-state index is 12.8. The Labute approximate surface area is 180 Å². The van der Waals surface area contributed by atoms with E-state index in [1.54, 1.807) is 37.3 Å². The summed E-state index contributed by atoms with van der Waals surface area (Å²) >= 11 is 0. The number of aryl methyl sites for hydroxylation is 2. The van der Waals surface area contributed by atoms with E-state index in [4.69, 9.17) is 5.73 Å². The van der Waals surface area contributed by atoms with Crippen molar-refractivity contribution < 1.29 is 19.2 Å². The molecule has 4 N–H and O–H groups in total. The maximum absolute atomic E-state index is 12.8. The van der Waals surface area contributed by atoms with Crippen LogP contribution in [0.15, 0.2) is 53.6 Å². The number of primary amides is 1. The average molecular weight is 422 g/mol. The highest BCUT2D eigenvalue weighted by atomic mass is 16.2. The predicted octanol–water partition coefficient (Wildman–Crippen LogP) is 2.50. The minimum atomic E-state index is -1.20. The Morgan fingerprint density at radius 2 is 1.68 bits per heavy atom. The van der Waals surface area contributed by atoms with Crippen LogP contribution in [0.3, 0.4) is 0 Å². The lowest BCUT2D eigenvalue weighted by Gasteiger charge is -2.15. The molecule has 0 aliphatic heterocycles. The smallest absolute Gasteiger partial charge is 0.329 e. The SMILES string of the molecule is Cc1ccc(C)c(NC(=O)CC/C(=N\NC(=O)C(N)=O)C(C)C(=O)c2ccccc2)c1. The molecule has 2 aromatic rings. The molecule has 0 fully saturated rings. The van der Waals surface area contributed by atoms with Gasteiger partial charge < -0.3 is 11.1 Å². The van der Waals surface area contributed by atoms with Crippen molar-refractivity contribution in [3.05, 3.63) is 65.2 Å². The van der Waals surface area contributed by atoms with E-state index in [-0.39, 0.29) is 30.2 Å². The Bertz CT molecular complexity index is 1020. The van der Waals surface area contributed by atoms with Crippen molar-refractivity contribution in [2.45, 2.75) is 33.6 Å². The highest BCUT2D eigenvalue weighted by Gasteiger charge is 2.22. The third kappa shape index (κ3) is 6.88. The molecule has 0 heterocycles. The fraction of sp³-hybridized carbons (Fsp3) is 0.261. The van der Waals surface area contributed by atoms with Crippen molar-refractivity contribution in [2.75, 3.05) is 5.32 Å². The molecule has 2 rings (SSSR count). The minimum absolute atomic E-state index is 0.0328. The summed E-state index contributed by atoms with van der Waals surface area (Å²) < 4.78 is 0. The minimum Gasteiger partial charge on any atom is -0.361 e. The molecule has 8 heteroatoms. The van der Waals surface area contributed by atoms with E-state index in [9.17, 15) is 19.2 Å². The Hall–Kier alpha value is -3.81. The number of hydrogen-bond donors (Lipinski definition) is 3. The molecule has 0 spiro atoms. The van der Waals surface area contributed by atoms with Crippen LogP contribution < -0.4 is 16.5 Å². The van der Waals surface area contributed by atoms with Crippen LogP contribution in [0.25, 0.3) is 0 Å². The number of rotatable bonds is 8. The molecule has 31 heavy (non-hydrogen) atoms. The predicted molar refractivity (Wildman–Crippen MR) is 118 cm³/mol. The van der Waals surface area contributed by atoms with Crippen LogP contribution in [0.1, 0.15) is 41.3 Å². The molecule has 0 aromatic heterocycles. The fourth-order valence-electron chi connectivity index (χ4n) is 2.88. The van der Waals surface area contributed by atoms with Gasteiger partial charge in [0.1, 0.15) is 0 Å². The fourth-order valence-corrected chi connectivity index (χ4v) is 2.88. The van der Waals surface area contributed by atoms with Gasteiger partial charge in [-0.15, -0.1) is 0 Å². The number of Topliss-reactive ketones (excluding diaryl/α,β-unsaturated/α-hetero) is 1. The van der Waals surface area contributed by atoms with Crippen LogP contribution in [0.4, 0.5) is 5.69 Å². The molecule has 8 nitrogen and oxygen atoms in total. The van der Waals surface area contributed by atoms with E-state index >= 15 is 0 Å². The lowest BCUT2D eigenvalue weighted by Crippen LogP contribution is -2.35. The zero-order chi connectivity index (χ0) is 23.0. The van der Waals surface area contributed by atoms with Crippen LogP contribution >= 0.6 is 0 Å². The number of amides is 3. The van der Waals surface area contributed by atoms with Crippen molar-refractivity contribution in [1.82, 2.24) is 5.43 Å². The van der Waals surface area contributed by atoms with Crippen LogP contribution in [0, 0.1) is 19.8 Å². The Morgan fingerprint density at radius 1 is 1.00 bits per heavy atom. The topological polar surface area (TPSA) is 131 Å². The molecule has 2 aromatic carbocycles. The van der Waals surface area contributed by atoms with Gasteiger partial charge >= 0.3 is 11.8 Å². The van der Waals surface area contributed by atoms with E-state index < -0.39 is 17.7 Å². The first-order valence-electron chi connectivity index (χ1n) is 9.81. The first-order chi connectivity index (χ1) is 14.7. The molecule has 1 unspecified atom stereocenters. The number of benzene rings is 2. The number of carbonyl (C=O) groups excluding carboxylic acids is 4. The molecule has 3 amide bonds. The van der Waals surface area contributed by atoms with Crippen molar-refractivity contribution in [1.29, 1.82) is 0 Å². The van der Waals surface area contributed by atoms with Gasteiger partial charge in [-0.3, -0.25) is 19.2 Å². The van der Waals surface area contributed by atoms with Gasteiger partial charge in [0.25, 0.3) is 0 Å². The third-order valence-electron chi connectivity index (χ3n) is 4.75. The zero-order valence-electron chi connectivity index (χ0n) is 17.8. The second-order valence-corrected chi connectivity index (χ2v) is 7.23. The van der Waals surface area contributed by atoms with Crippen LogP contribution in [0.2, 0.25) is 0 Å². The van der Waals surface area contributed by atoms with Gasteiger partial charge in [-0.25, -0.2) is 5.43 Å². The molecule has 0 saturated carbocycles. The number of ketones is 1. The van der Waals surface area contributed by atoms with Gasteiger partial charge in [0.15, 0.2) is 5.78 Å². The van der Waals surface area contributed by atoms with Gasteiger partial charge in [-0.2, -0.15) is 5.10 Å². The van der Waals surface area contributed by atoms with Crippen molar-refractivity contribution in [3.8, 4) is 0 Å². The van der Waals surface area contributed by atoms with Crippen LogP contribution in [-0.2, 0) is 14.4 Å². The zero-order valence-corrected chi connectivity index (χ0v) is 17.8. The quantitative estimate of drug-likeness (QED) is 0.261. The normalized spacial score (nSPS) is 12.0. The van der Waals surface area contributed by atoms with Gasteiger partial charge in [-0.1, -0.05) is 42.5 Å². The van der Waals surface area contributed by atoms with Crippen molar-refractivity contribution in [2.24, 2.45) is 16.8 Å². The van der Waals surface area contributed by atoms with E-state index in [1.165, 1.54) is 0 Å². The van der Waals surface area contributed by atoms with Gasteiger partial charge in [0.2, 0.25) is 5.91 Å². The molecule has 0 radical (unpaired) electrons. The summed E-state index contributed by atoms with van der Waals surface area (Å²) in [4.78, 5) is 47.8. The van der Waals surface area contributed by atoms with E-state index in [0.717, 1.165) is 11.1 Å². The van der Waals surface area contributed by atoms with Gasteiger partial charge in [-0.05, 0) is 44.4 Å². The van der Waals surface area contributed by atoms with E-state index in [0.29, 0.717) is 11.3 Å². The summed E-state index contributed by atoms with van der Waals surface area (Å²) in [5.41, 5.74) is 10.4. The molecule has 0 saturated heterocycles. The summed E-state index contributed by atoms with van der Waals surface area (Å²) in [5, 5.41) is 6.77. The molecular formula is C23H26N4O4. The van der Waals surface area contributed by atoms with Crippen molar-refractivity contribution in [3.63, 3.8) is 0 Å². The molecule has 0 bridgehead atoms. The lowest BCUT2D eigenvalue weighted by atomic mass is 9.92. The number of hydrazone groups is 1. The number of hydrogen-bond acceptors (Lipinski definition) is 5. The van der Waals surface area contributed by atoms with Crippen LogP contribution in [-0.4, -0.2) is 29.2 Å². The summed E-state index contributed by atoms with van der Waals surface area (Å²) in [5.74, 6) is -3.50. The van der Waals surface area contributed by atoms with Crippen molar-refractivity contribution >= 4 is 34.9 Å². The monoisotopic (exact) mass is 422 g/mol. The molecule has 0 aliphatic rings. The number of nitrogens with zero attached hydrogens (tertiary/aromatic N) is 1. The molecule has 1 atom stereocenters. The summed E-state index contributed by atoms with van der Waals surface area (Å²) in [6.45, 7) is 5.45. The summed E-state index contributed by atoms with van der Waals surface area (Å²) in [6, 6.07) is 14.4. The lowest BCUT2D eigenvalue weighted by molar-refractivity contribution is -0.137. The highest BCUT2D eigenvalue weighted by Crippen LogP contribution is 2.18. The Morgan fingerprint density at radius 3 is 2.32 bits per heavy atom. The first-order valence-corrected chi connectivity index (χ1v) is 9.81. The largest absolute Gasteiger partial charge is 0.361 e. The first kappa shape index (κ1) is 23.5. The van der Waals surface area contributed by atoms with Gasteiger partial charge in [0.05, 0.1) is 5.92 Å². The summed E-state index contributed by atoms with van der Waals surface area (Å²) in [6.07, 6.45) is 0.139. The molecule has 162 valence electrons. The number of nitrogens with two attached hydrogens (primary N) is 1. The van der Waals surface area contributed by atoms with E-state index in [2.05, 4.69) is 15.8 Å². The van der Waals surface area contributed by atoms with E-state index in [1.807, 2.05) is 32.0 Å². The number of anilines is 1. The number of nitrogens with one attached hydrogen (secondary N) is 2. The summed E-state index contributed by atoms with van der Waals surface area (Å²) in [7, 11) is 0.